The van der Waals surface area contributed by atoms with Gasteiger partial charge in [0.05, 0.1) is 12.3 Å². The van der Waals surface area contributed by atoms with Crippen molar-refractivity contribution >= 4 is 5.97 Å². The van der Waals surface area contributed by atoms with Crippen molar-refractivity contribution in [3.63, 3.8) is 0 Å². The number of carboxylic acids is 1. The van der Waals surface area contributed by atoms with Gasteiger partial charge in [0.2, 0.25) is 0 Å². The predicted molar refractivity (Wildman–Crippen MR) is 63.8 cm³/mol. The topological polar surface area (TPSA) is 40.5 Å². The monoisotopic (exact) mass is 279 g/mol. The SMILES string of the molecule is O=C(O)CC1(N2CCCC2)CCCC(C(F)(F)F)C1. The first-order valence-electron chi connectivity index (χ1n) is 6.87. The van der Waals surface area contributed by atoms with Crippen LogP contribution < -0.4 is 0 Å². The molecule has 1 heterocycles. The Bertz CT molecular complexity index is 339. The number of hydrogen-bond donors (Lipinski definition) is 1. The number of halogens is 3. The van der Waals surface area contributed by atoms with E-state index in [2.05, 4.69) is 0 Å². The average molecular weight is 279 g/mol. The third-order valence-corrected chi connectivity index (χ3v) is 4.54. The molecule has 2 atom stereocenters. The lowest BCUT2D eigenvalue weighted by Crippen LogP contribution is -2.53. The van der Waals surface area contributed by atoms with Crippen LogP contribution >= 0.6 is 0 Å². The molecule has 2 rings (SSSR count). The van der Waals surface area contributed by atoms with Gasteiger partial charge >= 0.3 is 12.1 Å². The van der Waals surface area contributed by atoms with E-state index in [1.165, 1.54) is 0 Å². The molecule has 1 N–H and O–H groups in total. The van der Waals surface area contributed by atoms with Gasteiger partial charge in [-0.15, -0.1) is 0 Å². The first-order chi connectivity index (χ1) is 8.83. The van der Waals surface area contributed by atoms with Crippen molar-refractivity contribution in [3.8, 4) is 0 Å². The van der Waals surface area contributed by atoms with Crippen LogP contribution in [0, 0.1) is 5.92 Å². The Labute approximate surface area is 110 Å². The zero-order valence-corrected chi connectivity index (χ0v) is 10.9. The Balaban J connectivity index is 2.19. The third-order valence-electron chi connectivity index (χ3n) is 4.54. The second-order valence-electron chi connectivity index (χ2n) is 5.82. The Kier molecular flexibility index (Phi) is 4.08. The molecule has 0 radical (unpaired) electrons. The third kappa shape index (κ3) is 3.22. The van der Waals surface area contributed by atoms with Gasteiger partial charge in [-0.1, -0.05) is 6.42 Å². The standard InChI is InChI=1S/C13H20F3NO2/c14-13(15,16)10-4-3-5-12(8-10,9-11(18)19)17-6-1-2-7-17/h10H,1-9H2,(H,18,19). The Morgan fingerprint density at radius 3 is 2.42 bits per heavy atom. The number of carboxylic acid groups (broad SMARTS) is 1. The number of alkyl halides is 3. The summed E-state index contributed by atoms with van der Waals surface area (Å²) in [6.45, 7) is 1.47. The largest absolute Gasteiger partial charge is 0.481 e. The van der Waals surface area contributed by atoms with Gasteiger partial charge in [-0.3, -0.25) is 9.69 Å². The van der Waals surface area contributed by atoms with Crippen molar-refractivity contribution < 1.29 is 23.1 Å². The highest BCUT2D eigenvalue weighted by atomic mass is 19.4. The average Bonchev–Trinajstić information content (AvgIpc) is 2.81. The van der Waals surface area contributed by atoms with Crippen LogP contribution in [0.1, 0.15) is 44.9 Å². The fourth-order valence-electron chi connectivity index (χ4n) is 3.65. The van der Waals surface area contributed by atoms with E-state index >= 15 is 0 Å². The summed E-state index contributed by atoms with van der Waals surface area (Å²) >= 11 is 0. The Morgan fingerprint density at radius 1 is 1.26 bits per heavy atom. The van der Waals surface area contributed by atoms with E-state index in [4.69, 9.17) is 5.11 Å². The zero-order chi connectivity index (χ0) is 14.1. The van der Waals surface area contributed by atoms with Crippen molar-refractivity contribution in [2.24, 2.45) is 5.92 Å². The van der Waals surface area contributed by atoms with Crippen LogP contribution in [0.15, 0.2) is 0 Å². The summed E-state index contributed by atoms with van der Waals surface area (Å²) in [6, 6.07) is 0. The van der Waals surface area contributed by atoms with E-state index < -0.39 is 23.6 Å². The van der Waals surface area contributed by atoms with Gasteiger partial charge in [-0.2, -0.15) is 13.2 Å². The Morgan fingerprint density at radius 2 is 1.89 bits per heavy atom. The van der Waals surface area contributed by atoms with Crippen molar-refractivity contribution in [1.82, 2.24) is 4.90 Å². The molecule has 2 unspecified atom stereocenters. The minimum Gasteiger partial charge on any atom is -0.481 e. The maximum absolute atomic E-state index is 12.9. The van der Waals surface area contributed by atoms with E-state index in [0.717, 1.165) is 25.9 Å². The van der Waals surface area contributed by atoms with Gasteiger partial charge in [0.25, 0.3) is 0 Å². The van der Waals surface area contributed by atoms with E-state index in [0.29, 0.717) is 12.8 Å². The lowest BCUT2D eigenvalue weighted by atomic mass is 9.72. The van der Waals surface area contributed by atoms with Gasteiger partial charge in [0.1, 0.15) is 0 Å². The maximum atomic E-state index is 12.9. The number of aliphatic carboxylic acids is 1. The van der Waals surface area contributed by atoms with Crippen molar-refractivity contribution in [2.75, 3.05) is 13.1 Å². The van der Waals surface area contributed by atoms with Gasteiger partial charge in [0, 0.05) is 5.54 Å². The van der Waals surface area contributed by atoms with Crippen molar-refractivity contribution in [2.45, 2.75) is 56.7 Å². The van der Waals surface area contributed by atoms with Crippen LogP contribution in [0.2, 0.25) is 0 Å². The second kappa shape index (κ2) is 5.31. The molecular formula is C13H20F3NO2. The summed E-state index contributed by atoms with van der Waals surface area (Å²) in [4.78, 5) is 13.1. The zero-order valence-electron chi connectivity index (χ0n) is 10.9. The fraction of sp³-hybridized carbons (Fsp3) is 0.923. The van der Waals surface area contributed by atoms with Crippen molar-refractivity contribution in [3.05, 3.63) is 0 Å². The molecule has 2 fully saturated rings. The molecule has 0 bridgehead atoms. The number of rotatable bonds is 3. The molecule has 110 valence electrons. The molecule has 1 saturated carbocycles. The van der Waals surface area contributed by atoms with Crippen LogP contribution in [-0.4, -0.2) is 40.8 Å². The van der Waals surface area contributed by atoms with E-state index in [1.54, 1.807) is 0 Å². The molecule has 0 spiro atoms. The molecule has 1 aliphatic heterocycles. The highest BCUT2D eigenvalue weighted by molar-refractivity contribution is 5.68. The van der Waals surface area contributed by atoms with Crippen LogP contribution in [0.5, 0.6) is 0 Å². The molecule has 6 heteroatoms. The van der Waals surface area contributed by atoms with E-state index in [-0.39, 0.29) is 19.3 Å². The van der Waals surface area contributed by atoms with Gasteiger partial charge in [0.15, 0.2) is 0 Å². The van der Waals surface area contributed by atoms with Gasteiger partial charge in [-0.25, -0.2) is 0 Å². The summed E-state index contributed by atoms with van der Waals surface area (Å²) < 4.78 is 38.8. The van der Waals surface area contributed by atoms with Crippen LogP contribution in [0.4, 0.5) is 13.2 Å². The minimum absolute atomic E-state index is 0.0528. The predicted octanol–water partition coefficient (Wildman–Crippen LogP) is 3.05. The summed E-state index contributed by atoms with van der Waals surface area (Å²) in [5.74, 6) is -2.34. The summed E-state index contributed by atoms with van der Waals surface area (Å²) in [6.07, 6.45) is -1.33. The molecule has 0 aromatic rings. The molecular weight excluding hydrogens is 259 g/mol. The first-order valence-corrected chi connectivity index (χ1v) is 6.87. The van der Waals surface area contributed by atoms with Crippen LogP contribution in [-0.2, 0) is 4.79 Å². The molecule has 19 heavy (non-hydrogen) atoms. The molecule has 0 aromatic heterocycles. The normalized spacial score (nSPS) is 33.5. The second-order valence-corrected chi connectivity index (χ2v) is 5.82. The molecule has 0 amide bonds. The minimum atomic E-state index is -4.20. The number of nitrogens with zero attached hydrogens (tertiary/aromatic N) is 1. The van der Waals surface area contributed by atoms with Gasteiger partial charge in [-0.05, 0) is 45.2 Å². The van der Waals surface area contributed by atoms with Gasteiger partial charge < -0.3 is 5.11 Å². The summed E-state index contributed by atoms with van der Waals surface area (Å²) in [5, 5.41) is 9.07. The molecule has 2 aliphatic rings. The fourth-order valence-corrected chi connectivity index (χ4v) is 3.65. The number of carbonyl (C=O) groups is 1. The highest BCUT2D eigenvalue weighted by Gasteiger charge is 2.50. The molecule has 1 saturated heterocycles. The first kappa shape index (κ1) is 14.6. The summed E-state index contributed by atoms with van der Waals surface area (Å²) in [7, 11) is 0. The molecule has 3 nitrogen and oxygen atoms in total. The van der Waals surface area contributed by atoms with Crippen LogP contribution in [0.25, 0.3) is 0 Å². The smallest absolute Gasteiger partial charge is 0.391 e. The Hall–Kier alpha value is -0.780. The van der Waals surface area contributed by atoms with Crippen LogP contribution in [0.3, 0.4) is 0 Å². The van der Waals surface area contributed by atoms with E-state index in [1.807, 2.05) is 4.90 Å². The van der Waals surface area contributed by atoms with E-state index in [9.17, 15) is 18.0 Å². The quantitative estimate of drug-likeness (QED) is 0.863. The summed E-state index contributed by atoms with van der Waals surface area (Å²) in [5.41, 5.74) is -0.777. The molecule has 1 aliphatic carbocycles. The van der Waals surface area contributed by atoms with Crippen molar-refractivity contribution in [1.29, 1.82) is 0 Å². The highest BCUT2D eigenvalue weighted by Crippen LogP contribution is 2.46. The number of hydrogen-bond acceptors (Lipinski definition) is 2. The molecule has 0 aromatic carbocycles. The lowest BCUT2D eigenvalue weighted by Gasteiger charge is -2.46. The number of likely N-dealkylation sites (tertiary alicyclic amines) is 1. The lowest BCUT2D eigenvalue weighted by molar-refractivity contribution is -0.195. The maximum Gasteiger partial charge on any atom is 0.391 e.